The van der Waals surface area contributed by atoms with Crippen LogP contribution in [-0.4, -0.2) is 28.2 Å². The molecule has 2 aromatic carbocycles. The maximum Gasteiger partial charge on any atom is 0.319 e. The van der Waals surface area contributed by atoms with Gasteiger partial charge in [-0.3, -0.25) is 10.1 Å². The Hall–Kier alpha value is -3.26. The van der Waals surface area contributed by atoms with E-state index in [4.69, 9.17) is 0 Å². The third-order valence-corrected chi connectivity index (χ3v) is 6.24. The number of hydrogen-bond donors (Lipinski definition) is 3. The van der Waals surface area contributed by atoms with E-state index in [0.29, 0.717) is 10.8 Å². The molecule has 0 fully saturated rings. The smallest absolute Gasteiger partial charge is 0.319 e. The highest BCUT2D eigenvalue weighted by molar-refractivity contribution is 7.18. The minimum atomic E-state index is -0.707. The molecule has 3 N–H and O–H groups in total. The van der Waals surface area contributed by atoms with Crippen LogP contribution in [0.1, 0.15) is 38.3 Å². The quantitative estimate of drug-likeness (QED) is 0.436. The highest BCUT2D eigenvalue weighted by Crippen LogP contribution is 2.27. The molecule has 3 rings (SSSR count). The van der Waals surface area contributed by atoms with Gasteiger partial charge >= 0.3 is 6.03 Å². The Morgan fingerprint density at radius 2 is 1.66 bits per heavy atom. The van der Waals surface area contributed by atoms with E-state index in [0.717, 1.165) is 29.0 Å². The van der Waals surface area contributed by atoms with Crippen LogP contribution < -0.4 is 16.0 Å². The lowest BCUT2D eigenvalue weighted by Gasteiger charge is -2.23. The molecule has 0 radical (unpaired) electrons. The zero-order valence-corrected chi connectivity index (χ0v) is 19.6. The van der Waals surface area contributed by atoms with Crippen LogP contribution in [0.3, 0.4) is 0 Å². The predicted octanol–water partition coefficient (Wildman–Crippen LogP) is 5.25. The summed E-state index contributed by atoms with van der Waals surface area (Å²) in [6.45, 7) is 8.01. The summed E-state index contributed by atoms with van der Waals surface area (Å²) in [5.41, 5.74) is 3.97. The second kappa shape index (κ2) is 10.9. The van der Waals surface area contributed by atoms with Crippen LogP contribution >= 0.6 is 11.3 Å². The molecule has 8 heteroatoms. The number of rotatable bonds is 8. The Bertz CT molecular complexity index is 1050. The Morgan fingerprint density at radius 1 is 0.969 bits per heavy atom. The standard InChI is InChI=1S/C24H29N5O2S/c1-5-16(4)20(26-23(31)25-19-13-9-17(6-2)10-14-19)21(30)27-24-29-28-22(32-24)18-11-7-15(3)8-12-18/h7-14,16,20H,5-6H2,1-4H3,(H2,25,26,31)(H,27,29,30). The zero-order chi connectivity index (χ0) is 23.1. The van der Waals surface area contributed by atoms with E-state index in [2.05, 4.69) is 33.1 Å². The molecule has 0 bridgehead atoms. The van der Waals surface area contributed by atoms with Crippen molar-refractivity contribution in [2.24, 2.45) is 5.92 Å². The number of carbonyl (C=O) groups is 2. The van der Waals surface area contributed by atoms with Crippen molar-refractivity contribution in [3.05, 3.63) is 59.7 Å². The molecule has 0 aliphatic rings. The van der Waals surface area contributed by atoms with Gasteiger partial charge < -0.3 is 10.6 Å². The van der Waals surface area contributed by atoms with Gasteiger partial charge in [-0.25, -0.2) is 4.79 Å². The fraction of sp³-hybridized carbons (Fsp3) is 0.333. The number of amides is 3. The number of nitrogens with one attached hydrogen (secondary N) is 3. The van der Waals surface area contributed by atoms with Gasteiger partial charge in [0.25, 0.3) is 0 Å². The molecule has 0 aliphatic carbocycles. The maximum atomic E-state index is 13.0. The van der Waals surface area contributed by atoms with Crippen LogP contribution in [0.25, 0.3) is 10.6 Å². The van der Waals surface area contributed by atoms with Crippen LogP contribution in [0.5, 0.6) is 0 Å². The van der Waals surface area contributed by atoms with Crippen LogP contribution in [0, 0.1) is 12.8 Å². The number of benzene rings is 2. The molecule has 0 spiro atoms. The normalized spacial score (nSPS) is 12.6. The summed E-state index contributed by atoms with van der Waals surface area (Å²) in [5, 5.41) is 17.8. The molecular formula is C24H29N5O2S. The van der Waals surface area contributed by atoms with Gasteiger partial charge in [-0.05, 0) is 37.0 Å². The molecule has 0 saturated heterocycles. The summed E-state index contributed by atoms with van der Waals surface area (Å²) in [7, 11) is 0. The number of anilines is 2. The summed E-state index contributed by atoms with van der Waals surface area (Å²) in [4.78, 5) is 25.5. The lowest BCUT2D eigenvalue weighted by molar-refractivity contribution is -0.119. The maximum absolute atomic E-state index is 13.0. The molecule has 0 saturated carbocycles. The number of carbonyl (C=O) groups excluding carboxylic acids is 2. The topological polar surface area (TPSA) is 96.0 Å². The van der Waals surface area contributed by atoms with Crippen molar-refractivity contribution in [3.8, 4) is 10.6 Å². The molecular weight excluding hydrogens is 422 g/mol. The van der Waals surface area contributed by atoms with E-state index in [1.165, 1.54) is 16.9 Å². The molecule has 168 valence electrons. The average molecular weight is 452 g/mol. The minimum Gasteiger partial charge on any atom is -0.326 e. The Morgan fingerprint density at radius 3 is 2.28 bits per heavy atom. The van der Waals surface area contributed by atoms with Crippen molar-refractivity contribution < 1.29 is 9.59 Å². The summed E-state index contributed by atoms with van der Waals surface area (Å²) in [6, 6.07) is 14.5. The number of aromatic nitrogens is 2. The van der Waals surface area contributed by atoms with Crippen LogP contribution in [0.15, 0.2) is 48.5 Å². The monoisotopic (exact) mass is 451 g/mol. The number of aryl methyl sites for hydroxylation is 2. The van der Waals surface area contributed by atoms with E-state index in [9.17, 15) is 9.59 Å². The second-order valence-corrected chi connectivity index (χ2v) is 8.76. The molecule has 0 aliphatic heterocycles. The summed E-state index contributed by atoms with van der Waals surface area (Å²) >= 11 is 1.30. The van der Waals surface area contributed by atoms with E-state index >= 15 is 0 Å². The van der Waals surface area contributed by atoms with Crippen molar-refractivity contribution in [2.45, 2.75) is 46.6 Å². The van der Waals surface area contributed by atoms with Gasteiger partial charge in [0.1, 0.15) is 11.0 Å². The number of nitrogens with zero attached hydrogens (tertiary/aromatic N) is 2. The van der Waals surface area contributed by atoms with Gasteiger partial charge in [0.2, 0.25) is 11.0 Å². The SMILES string of the molecule is CCc1ccc(NC(=O)NC(C(=O)Nc2nnc(-c3ccc(C)cc3)s2)C(C)CC)cc1. The van der Waals surface area contributed by atoms with Gasteiger partial charge in [-0.15, -0.1) is 10.2 Å². The fourth-order valence-electron chi connectivity index (χ4n) is 3.10. The summed E-state index contributed by atoms with van der Waals surface area (Å²) < 4.78 is 0. The Kier molecular flexibility index (Phi) is 7.94. The van der Waals surface area contributed by atoms with Crippen molar-refractivity contribution in [1.82, 2.24) is 15.5 Å². The van der Waals surface area contributed by atoms with Crippen LogP contribution in [0.2, 0.25) is 0 Å². The lowest BCUT2D eigenvalue weighted by Crippen LogP contribution is -2.49. The fourth-order valence-corrected chi connectivity index (χ4v) is 3.86. The van der Waals surface area contributed by atoms with Crippen molar-refractivity contribution in [3.63, 3.8) is 0 Å². The first-order valence-corrected chi connectivity index (χ1v) is 11.6. The highest BCUT2D eigenvalue weighted by Gasteiger charge is 2.27. The number of urea groups is 1. The molecule has 32 heavy (non-hydrogen) atoms. The molecule has 2 unspecified atom stereocenters. The molecule has 1 heterocycles. The lowest BCUT2D eigenvalue weighted by atomic mass is 9.98. The van der Waals surface area contributed by atoms with E-state index in [1.807, 2.05) is 69.3 Å². The van der Waals surface area contributed by atoms with E-state index in [1.54, 1.807) is 0 Å². The van der Waals surface area contributed by atoms with Crippen LogP contribution in [-0.2, 0) is 11.2 Å². The van der Waals surface area contributed by atoms with Crippen LogP contribution in [0.4, 0.5) is 15.6 Å². The van der Waals surface area contributed by atoms with Crippen molar-refractivity contribution in [2.75, 3.05) is 10.6 Å². The summed E-state index contributed by atoms with van der Waals surface area (Å²) in [5.74, 6) is -0.379. The highest BCUT2D eigenvalue weighted by atomic mass is 32.1. The van der Waals surface area contributed by atoms with Gasteiger partial charge in [0, 0.05) is 11.3 Å². The minimum absolute atomic E-state index is 0.0623. The number of hydrogen-bond acceptors (Lipinski definition) is 5. The van der Waals surface area contributed by atoms with E-state index < -0.39 is 12.1 Å². The largest absolute Gasteiger partial charge is 0.326 e. The van der Waals surface area contributed by atoms with E-state index in [-0.39, 0.29) is 11.8 Å². The van der Waals surface area contributed by atoms with Crippen molar-refractivity contribution >= 4 is 34.1 Å². The second-order valence-electron chi connectivity index (χ2n) is 7.78. The first kappa shape index (κ1) is 23.4. The predicted molar refractivity (Wildman–Crippen MR) is 130 cm³/mol. The molecule has 3 amide bonds. The Labute approximate surface area is 192 Å². The first-order chi connectivity index (χ1) is 15.4. The van der Waals surface area contributed by atoms with Gasteiger partial charge in [-0.1, -0.05) is 80.5 Å². The van der Waals surface area contributed by atoms with Gasteiger partial charge in [-0.2, -0.15) is 0 Å². The van der Waals surface area contributed by atoms with Gasteiger partial charge in [0.05, 0.1) is 0 Å². The summed E-state index contributed by atoms with van der Waals surface area (Å²) in [6.07, 6.45) is 1.66. The third kappa shape index (κ3) is 6.13. The molecule has 1 aromatic heterocycles. The Balaban J connectivity index is 1.65. The molecule has 3 aromatic rings. The first-order valence-electron chi connectivity index (χ1n) is 10.8. The van der Waals surface area contributed by atoms with Crippen molar-refractivity contribution in [1.29, 1.82) is 0 Å². The average Bonchev–Trinajstić information content (AvgIpc) is 3.26. The molecule has 7 nitrogen and oxygen atoms in total. The third-order valence-electron chi connectivity index (χ3n) is 5.36. The molecule has 2 atom stereocenters. The van der Waals surface area contributed by atoms with Gasteiger partial charge in [0.15, 0.2) is 0 Å². The zero-order valence-electron chi connectivity index (χ0n) is 18.8.